The van der Waals surface area contributed by atoms with E-state index in [-0.39, 0.29) is 5.90 Å². The van der Waals surface area contributed by atoms with E-state index < -0.39 is 5.54 Å². The first-order valence-electron chi connectivity index (χ1n) is 10.1. The maximum Gasteiger partial charge on any atom is 0.220 e. The van der Waals surface area contributed by atoms with Crippen LogP contribution in [0.5, 0.6) is 0 Å². The van der Waals surface area contributed by atoms with Gasteiger partial charge in [0, 0.05) is 29.0 Å². The molecule has 31 heavy (non-hydrogen) atoms. The average Bonchev–Trinajstić information content (AvgIpc) is 3.49. The van der Waals surface area contributed by atoms with Gasteiger partial charge in [0.15, 0.2) is 6.40 Å². The molecular weight excluding hydrogens is 408 g/mol. The van der Waals surface area contributed by atoms with Gasteiger partial charge >= 0.3 is 0 Å². The molecule has 4 N–H and O–H groups in total. The molecule has 2 aliphatic rings. The first-order valence-corrected chi connectivity index (χ1v) is 11.0. The molecule has 0 saturated heterocycles. The SMILES string of the molecule is C[C@@]1(c2cc(-c3cccc(C(=N)OC=N)c3)cs2)Cc2nc(C3CC3)ncc2C(N)=N1. The summed E-state index contributed by atoms with van der Waals surface area (Å²) in [7, 11) is 0. The van der Waals surface area contributed by atoms with E-state index in [4.69, 9.17) is 31.3 Å². The van der Waals surface area contributed by atoms with Crippen molar-refractivity contribution in [2.24, 2.45) is 10.7 Å². The van der Waals surface area contributed by atoms with Crippen LogP contribution in [0.1, 0.15) is 53.2 Å². The van der Waals surface area contributed by atoms with E-state index in [2.05, 4.69) is 23.4 Å². The Morgan fingerprint density at radius 2 is 2.13 bits per heavy atom. The quantitative estimate of drug-likeness (QED) is 0.415. The number of hydrogen-bond donors (Lipinski definition) is 3. The zero-order chi connectivity index (χ0) is 21.6. The fraction of sp³-hybridized carbons (Fsp3) is 0.261. The Morgan fingerprint density at radius 1 is 1.29 bits per heavy atom. The summed E-state index contributed by atoms with van der Waals surface area (Å²) >= 11 is 1.65. The highest BCUT2D eigenvalue weighted by atomic mass is 32.1. The Hall–Kier alpha value is -3.39. The van der Waals surface area contributed by atoms with Gasteiger partial charge in [-0.25, -0.2) is 9.97 Å². The summed E-state index contributed by atoms with van der Waals surface area (Å²) in [5.74, 6) is 1.86. The van der Waals surface area contributed by atoms with Gasteiger partial charge in [0.25, 0.3) is 0 Å². The first-order chi connectivity index (χ1) is 15.0. The number of benzene rings is 1. The minimum Gasteiger partial charge on any atom is -0.428 e. The van der Waals surface area contributed by atoms with Crippen LogP contribution in [0.3, 0.4) is 0 Å². The summed E-state index contributed by atoms with van der Waals surface area (Å²) in [6.07, 6.45) is 5.60. The Balaban J connectivity index is 1.46. The van der Waals surface area contributed by atoms with E-state index in [0.29, 0.717) is 23.7 Å². The molecule has 1 atom stereocenters. The molecule has 1 aromatic carbocycles. The van der Waals surface area contributed by atoms with Crippen molar-refractivity contribution >= 4 is 29.5 Å². The number of fused-ring (bicyclic) bond motifs is 1. The lowest BCUT2D eigenvalue weighted by atomic mass is 9.89. The molecule has 1 saturated carbocycles. The normalized spacial score (nSPS) is 20.0. The molecule has 0 bridgehead atoms. The number of thiophene rings is 1. The maximum atomic E-state index is 7.91. The molecule has 0 amide bonds. The van der Waals surface area contributed by atoms with Crippen molar-refractivity contribution in [1.29, 1.82) is 10.8 Å². The van der Waals surface area contributed by atoms with Crippen LogP contribution >= 0.6 is 11.3 Å². The predicted octanol–water partition coefficient (Wildman–Crippen LogP) is 4.21. The molecule has 3 heterocycles. The summed E-state index contributed by atoms with van der Waals surface area (Å²) in [5.41, 5.74) is 10.3. The predicted molar refractivity (Wildman–Crippen MR) is 122 cm³/mol. The standard InChI is InChI=1S/C23H22N6OS/c1-23(9-18-17(20(25)29-23)10-27-22(28-18)13-5-6-13)19-8-16(11-31-19)14-3-2-4-15(7-14)21(26)30-12-24/h2-4,7-8,10-13,24,26H,5-6,9H2,1H3,(H2,25,29)/t23-/m0/s1. The van der Waals surface area contributed by atoms with Crippen LogP contribution in [-0.4, -0.2) is 28.1 Å². The number of hydrogen-bond acceptors (Lipinski definition) is 8. The number of aliphatic imine (C=N–C) groups is 1. The van der Waals surface area contributed by atoms with Crippen LogP contribution in [-0.2, 0) is 16.7 Å². The van der Waals surface area contributed by atoms with Crippen molar-refractivity contribution in [3.63, 3.8) is 0 Å². The van der Waals surface area contributed by atoms with Gasteiger partial charge < -0.3 is 10.5 Å². The second-order valence-electron chi connectivity index (χ2n) is 8.16. The first kappa shape index (κ1) is 19.6. The highest BCUT2D eigenvalue weighted by molar-refractivity contribution is 7.10. The second-order valence-corrected chi connectivity index (χ2v) is 9.07. The summed E-state index contributed by atoms with van der Waals surface area (Å²) in [4.78, 5) is 15.3. The van der Waals surface area contributed by atoms with Crippen molar-refractivity contribution in [1.82, 2.24) is 9.97 Å². The van der Waals surface area contributed by atoms with Crippen molar-refractivity contribution in [2.75, 3.05) is 0 Å². The van der Waals surface area contributed by atoms with E-state index in [0.717, 1.165) is 52.3 Å². The minimum atomic E-state index is -0.483. The average molecular weight is 431 g/mol. The van der Waals surface area contributed by atoms with Crippen LogP contribution in [0.4, 0.5) is 0 Å². The smallest absolute Gasteiger partial charge is 0.220 e. The van der Waals surface area contributed by atoms with Crippen LogP contribution < -0.4 is 5.73 Å². The molecule has 0 spiro atoms. The van der Waals surface area contributed by atoms with E-state index in [1.165, 1.54) is 0 Å². The molecule has 2 aromatic heterocycles. The number of ether oxygens (including phenoxy) is 1. The van der Waals surface area contributed by atoms with E-state index in [1.807, 2.05) is 24.4 Å². The highest BCUT2D eigenvalue weighted by Gasteiger charge is 2.36. The second kappa shape index (κ2) is 7.39. The number of nitrogens with zero attached hydrogens (tertiary/aromatic N) is 3. The molecule has 8 heteroatoms. The Morgan fingerprint density at radius 3 is 2.90 bits per heavy atom. The lowest BCUT2D eigenvalue weighted by molar-refractivity contribution is 0.488. The number of nitrogens with two attached hydrogens (primary N) is 1. The van der Waals surface area contributed by atoms with Crippen molar-refractivity contribution in [3.8, 4) is 11.1 Å². The largest absolute Gasteiger partial charge is 0.428 e. The van der Waals surface area contributed by atoms with Gasteiger partial charge in [-0.05, 0) is 54.5 Å². The zero-order valence-corrected chi connectivity index (χ0v) is 17.9. The Labute approximate surface area is 184 Å². The lowest BCUT2D eigenvalue weighted by Crippen LogP contribution is -2.34. The van der Waals surface area contributed by atoms with Crippen LogP contribution in [0.25, 0.3) is 11.1 Å². The van der Waals surface area contributed by atoms with Crippen molar-refractivity contribution in [2.45, 2.75) is 37.6 Å². The molecule has 3 aromatic rings. The molecule has 0 radical (unpaired) electrons. The third-order valence-electron chi connectivity index (χ3n) is 5.75. The summed E-state index contributed by atoms with van der Waals surface area (Å²) < 4.78 is 4.89. The Bertz CT molecular complexity index is 1230. The van der Waals surface area contributed by atoms with Gasteiger partial charge in [0.1, 0.15) is 11.7 Å². The topological polar surface area (TPSA) is 121 Å². The molecule has 1 aliphatic carbocycles. The number of aromatic nitrogens is 2. The zero-order valence-electron chi connectivity index (χ0n) is 17.1. The van der Waals surface area contributed by atoms with Crippen LogP contribution in [0, 0.1) is 10.8 Å². The maximum absolute atomic E-state index is 7.91. The fourth-order valence-corrected chi connectivity index (χ4v) is 4.92. The summed E-state index contributed by atoms with van der Waals surface area (Å²) in [6.45, 7) is 2.10. The number of amidine groups is 1. The van der Waals surface area contributed by atoms with Gasteiger partial charge in [0.2, 0.25) is 5.90 Å². The minimum absolute atomic E-state index is 0.0494. The summed E-state index contributed by atoms with van der Waals surface area (Å²) in [6, 6.07) is 9.70. The fourth-order valence-electron chi connectivity index (χ4n) is 3.89. The molecular formula is C23H22N6OS. The summed E-state index contributed by atoms with van der Waals surface area (Å²) in [5, 5.41) is 17.0. The molecule has 156 valence electrons. The lowest BCUT2D eigenvalue weighted by Gasteiger charge is -2.29. The third kappa shape index (κ3) is 3.63. The molecule has 0 unspecified atom stereocenters. The van der Waals surface area contributed by atoms with Crippen LogP contribution in [0.15, 0.2) is 46.9 Å². The molecule has 1 aliphatic heterocycles. The van der Waals surface area contributed by atoms with E-state index in [1.54, 1.807) is 17.4 Å². The molecule has 7 nitrogen and oxygen atoms in total. The van der Waals surface area contributed by atoms with Gasteiger partial charge in [-0.15, -0.1) is 11.3 Å². The monoisotopic (exact) mass is 430 g/mol. The van der Waals surface area contributed by atoms with Crippen molar-refractivity contribution in [3.05, 3.63) is 69.4 Å². The van der Waals surface area contributed by atoms with Gasteiger partial charge in [0.05, 0.1) is 16.8 Å². The van der Waals surface area contributed by atoms with E-state index >= 15 is 0 Å². The molecule has 5 rings (SSSR count). The molecule has 1 fully saturated rings. The van der Waals surface area contributed by atoms with Gasteiger partial charge in [-0.2, -0.15) is 0 Å². The highest BCUT2D eigenvalue weighted by Crippen LogP contribution is 2.41. The number of rotatable bonds is 5. The third-order valence-corrected chi connectivity index (χ3v) is 6.93. The van der Waals surface area contributed by atoms with Crippen LogP contribution in [0.2, 0.25) is 0 Å². The number of nitrogens with one attached hydrogen (secondary N) is 2. The van der Waals surface area contributed by atoms with Crippen molar-refractivity contribution < 1.29 is 4.74 Å². The van der Waals surface area contributed by atoms with Gasteiger partial charge in [-0.1, -0.05) is 12.1 Å². The van der Waals surface area contributed by atoms with E-state index in [9.17, 15) is 0 Å². The van der Waals surface area contributed by atoms with Gasteiger partial charge in [-0.3, -0.25) is 15.8 Å². The Kier molecular flexibility index (Phi) is 4.66.